The second-order valence-corrected chi connectivity index (χ2v) is 5.50. The van der Waals surface area contributed by atoms with E-state index in [-0.39, 0.29) is 5.91 Å². The van der Waals surface area contributed by atoms with E-state index in [2.05, 4.69) is 25.2 Å². The summed E-state index contributed by atoms with van der Waals surface area (Å²) in [7, 11) is 0. The molecule has 0 unspecified atom stereocenters. The van der Waals surface area contributed by atoms with Crippen LogP contribution in [-0.2, 0) is 9.53 Å². The molecule has 0 aliphatic carbocycles. The van der Waals surface area contributed by atoms with Gasteiger partial charge in [-0.25, -0.2) is 0 Å². The van der Waals surface area contributed by atoms with Crippen LogP contribution in [0, 0.1) is 0 Å². The molecule has 1 fully saturated rings. The van der Waals surface area contributed by atoms with Crippen LogP contribution in [0.4, 0.5) is 5.69 Å². The highest BCUT2D eigenvalue weighted by Crippen LogP contribution is 2.22. The Balaban J connectivity index is 2.08. The number of nitrogens with one attached hydrogen (secondary N) is 1. The maximum Gasteiger partial charge on any atom is 0.244 e. The molecule has 3 N–H and O–H groups in total. The molecule has 1 aliphatic rings. The molecule has 1 aromatic carbocycles. The number of carbonyl (C=O) groups is 1. The van der Waals surface area contributed by atoms with E-state index < -0.39 is 5.54 Å². The van der Waals surface area contributed by atoms with Crippen molar-refractivity contribution in [2.75, 3.05) is 18.5 Å². The zero-order chi connectivity index (χ0) is 13.9. The molecule has 0 atom stereocenters. The van der Waals surface area contributed by atoms with Crippen LogP contribution in [0.3, 0.4) is 0 Å². The fourth-order valence-corrected chi connectivity index (χ4v) is 2.19. The first kappa shape index (κ1) is 14.0. The fraction of sp³-hybridized carbons (Fsp3) is 0.533. The lowest BCUT2D eigenvalue weighted by molar-refractivity contribution is -0.124. The van der Waals surface area contributed by atoms with Gasteiger partial charge in [-0.1, -0.05) is 26.0 Å². The average molecular weight is 262 g/mol. The van der Waals surface area contributed by atoms with Gasteiger partial charge in [0.15, 0.2) is 0 Å². The molecule has 0 spiro atoms. The normalized spacial score (nSPS) is 18.3. The molecular formula is C15H22N2O2. The van der Waals surface area contributed by atoms with E-state index in [1.54, 1.807) is 0 Å². The Morgan fingerprint density at radius 1 is 1.37 bits per heavy atom. The Morgan fingerprint density at radius 2 is 2.05 bits per heavy atom. The summed E-state index contributed by atoms with van der Waals surface area (Å²) in [4.78, 5) is 12.3. The zero-order valence-corrected chi connectivity index (χ0v) is 11.6. The van der Waals surface area contributed by atoms with Crippen molar-refractivity contribution in [1.82, 2.24) is 0 Å². The SMILES string of the molecule is CC(C)c1cccc(NC(=O)C2(N)CCOCC2)c1. The predicted octanol–water partition coefficient (Wildman–Crippen LogP) is 2.26. The molecule has 1 amide bonds. The molecule has 0 bridgehead atoms. The molecule has 1 aliphatic heterocycles. The lowest BCUT2D eigenvalue weighted by Gasteiger charge is -2.31. The Kier molecular flexibility index (Phi) is 4.22. The minimum Gasteiger partial charge on any atom is -0.381 e. The van der Waals surface area contributed by atoms with Gasteiger partial charge in [0.2, 0.25) is 5.91 Å². The molecule has 1 saturated heterocycles. The first-order valence-corrected chi connectivity index (χ1v) is 6.79. The number of hydrogen-bond donors (Lipinski definition) is 2. The van der Waals surface area contributed by atoms with Crippen LogP contribution in [0.25, 0.3) is 0 Å². The zero-order valence-electron chi connectivity index (χ0n) is 11.6. The molecule has 19 heavy (non-hydrogen) atoms. The molecule has 4 nitrogen and oxygen atoms in total. The van der Waals surface area contributed by atoms with E-state index in [1.807, 2.05) is 18.2 Å². The van der Waals surface area contributed by atoms with E-state index in [0.29, 0.717) is 32.0 Å². The van der Waals surface area contributed by atoms with E-state index in [9.17, 15) is 4.79 Å². The molecular weight excluding hydrogens is 240 g/mol. The molecule has 0 aromatic heterocycles. The van der Waals surface area contributed by atoms with Crippen LogP contribution in [0.2, 0.25) is 0 Å². The van der Waals surface area contributed by atoms with Crippen LogP contribution < -0.4 is 11.1 Å². The number of amides is 1. The molecule has 1 heterocycles. The van der Waals surface area contributed by atoms with Crippen molar-refractivity contribution >= 4 is 11.6 Å². The van der Waals surface area contributed by atoms with E-state index in [1.165, 1.54) is 5.56 Å². The number of benzene rings is 1. The number of anilines is 1. The van der Waals surface area contributed by atoms with Gasteiger partial charge in [-0.3, -0.25) is 4.79 Å². The summed E-state index contributed by atoms with van der Waals surface area (Å²) >= 11 is 0. The largest absolute Gasteiger partial charge is 0.381 e. The van der Waals surface area contributed by atoms with Crippen LogP contribution in [0.5, 0.6) is 0 Å². The Labute approximate surface area is 114 Å². The maximum atomic E-state index is 12.3. The minimum absolute atomic E-state index is 0.114. The van der Waals surface area contributed by atoms with Gasteiger partial charge in [-0.2, -0.15) is 0 Å². The van der Waals surface area contributed by atoms with Crippen molar-refractivity contribution in [1.29, 1.82) is 0 Å². The van der Waals surface area contributed by atoms with Gasteiger partial charge in [-0.15, -0.1) is 0 Å². The summed E-state index contributed by atoms with van der Waals surface area (Å²) in [5, 5.41) is 2.93. The van der Waals surface area contributed by atoms with Gasteiger partial charge < -0.3 is 15.8 Å². The summed E-state index contributed by atoms with van der Waals surface area (Å²) in [6.45, 7) is 5.36. The number of carbonyl (C=O) groups excluding carboxylic acids is 1. The third-order valence-corrected chi connectivity index (χ3v) is 3.65. The van der Waals surface area contributed by atoms with Crippen LogP contribution >= 0.6 is 0 Å². The average Bonchev–Trinajstić information content (AvgIpc) is 2.40. The molecule has 4 heteroatoms. The standard InChI is InChI=1S/C15H22N2O2/c1-11(2)12-4-3-5-13(10-12)17-14(18)15(16)6-8-19-9-7-15/h3-5,10-11H,6-9,16H2,1-2H3,(H,17,18). The molecule has 1 aromatic rings. The molecule has 0 radical (unpaired) electrons. The van der Waals surface area contributed by atoms with Crippen LogP contribution in [0.15, 0.2) is 24.3 Å². The van der Waals surface area contributed by atoms with Crippen molar-refractivity contribution in [3.8, 4) is 0 Å². The Bertz CT molecular complexity index is 451. The van der Waals surface area contributed by atoms with Gasteiger partial charge in [0.1, 0.15) is 5.54 Å². The first-order chi connectivity index (χ1) is 9.01. The highest BCUT2D eigenvalue weighted by Gasteiger charge is 2.35. The second-order valence-electron chi connectivity index (χ2n) is 5.50. The van der Waals surface area contributed by atoms with Crippen LogP contribution in [-0.4, -0.2) is 24.7 Å². The third kappa shape index (κ3) is 3.33. The lowest BCUT2D eigenvalue weighted by Crippen LogP contribution is -2.54. The molecule has 104 valence electrons. The van der Waals surface area contributed by atoms with E-state index in [0.717, 1.165) is 5.69 Å². The number of ether oxygens (including phenoxy) is 1. The van der Waals surface area contributed by atoms with E-state index >= 15 is 0 Å². The van der Waals surface area contributed by atoms with Crippen molar-refractivity contribution in [3.63, 3.8) is 0 Å². The van der Waals surface area contributed by atoms with Crippen molar-refractivity contribution < 1.29 is 9.53 Å². The quantitative estimate of drug-likeness (QED) is 0.878. The second kappa shape index (κ2) is 5.72. The third-order valence-electron chi connectivity index (χ3n) is 3.65. The lowest BCUT2D eigenvalue weighted by atomic mass is 9.90. The summed E-state index contributed by atoms with van der Waals surface area (Å²) < 4.78 is 5.26. The van der Waals surface area contributed by atoms with Crippen LogP contribution in [0.1, 0.15) is 38.2 Å². The minimum atomic E-state index is -0.800. The maximum absolute atomic E-state index is 12.3. The number of nitrogens with two attached hydrogens (primary N) is 1. The van der Waals surface area contributed by atoms with Crippen molar-refractivity contribution in [2.24, 2.45) is 5.73 Å². The number of hydrogen-bond acceptors (Lipinski definition) is 3. The van der Waals surface area contributed by atoms with Gasteiger partial charge in [0.25, 0.3) is 0 Å². The Hall–Kier alpha value is -1.39. The predicted molar refractivity (Wildman–Crippen MR) is 76.1 cm³/mol. The van der Waals surface area contributed by atoms with Crippen molar-refractivity contribution in [2.45, 2.75) is 38.1 Å². The van der Waals surface area contributed by atoms with Gasteiger partial charge in [0.05, 0.1) is 0 Å². The number of rotatable bonds is 3. The van der Waals surface area contributed by atoms with E-state index in [4.69, 9.17) is 10.5 Å². The fourth-order valence-electron chi connectivity index (χ4n) is 2.19. The summed E-state index contributed by atoms with van der Waals surface area (Å²) in [5.74, 6) is 0.323. The topological polar surface area (TPSA) is 64.4 Å². The van der Waals surface area contributed by atoms with Crippen molar-refractivity contribution in [3.05, 3.63) is 29.8 Å². The molecule has 0 saturated carbocycles. The summed E-state index contributed by atoms with van der Waals surface area (Å²) in [5.41, 5.74) is 7.37. The summed E-state index contributed by atoms with van der Waals surface area (Å²) in [6.07, 6.45) is 1.14. The molecule has 2 rings (SSSR count). The first-order valence-electron chi connectivity index (χ1n) is 6.79. The van der Waals surface area contributed by atoms with Gasteiger partial charge in [0, 0.05) is 18.9 Å². The highest BCUT2D eigenvalue weighted by atomic mass is 16.5. The van der Waals surface area contributed by atoms with Gasteiger partial charge >= 0.3 is 0 Å². The smallest absolute Gasteiger partial charge is 0.244 e. The summed E-state index contributed by atoms with van der Waals surface area (Å²) in [6, 6.07) is 7.92. The Morgan fingerprint density at radius 3 is 2.68 bits per heavy atom. The highest BCUT2D eigenvalue weighted by molar-refractivity contribution is 5.98. The van der Waals surface area contributed by atoms with Gasteiger partial charge in [-0.05, 0) is 36.5 Å². The monoisotopic (exact) mass is 262 g/mol.